The Morgan fingerprint density at radius 1 is 1.17 bits per heavy atom. The Morgan fingerprint density at radius 2 is 1.80 bits per heavy atom. The van der Waals surface area contributed by atoms with Crippen LogP contribution >= 0.6 is 11.8 Å². The summed E-state index contributed by atoms with van der Waals surface area (Å²) in [6.45, 7) is 1.46. The van der Waals surface area contributed by atoms with Crippen LogP contribution in [0.25, 0.3) is 6.08 Å². The molecule has 1 aliphatic heterocycles. The van der Waals surface area contributed by atoms with E-state index in [0.717, 1.165) is 22.2 Å². The number of phenols is 1. The highest BCUT2D eigenvalue weighted by Gasteiger charge is 2.36. The lowest BCUT2D eigenvalue weighted by atomic mass is 10.1. The molecule has 0 atom stereocenters. The number of imide groups is 1. The molecule has 2 N–H and O–H groups in total. The predicted octanol–water partition coefficient (Wildman–Crippen LogP) is 3.39. The Labute approximate surface area is 177 Å². The third kappa shape index (κ3) is 4.41. The number of carbonyl (C=O) groups is 3. The molecule has 0 aromatic heterocycles. The Morgan fingerprint density at radius 3 is 2.40 bits per heavy atom. The quantitative estimate of drug-likeness (QED) is 0.680. The number of carbonyl (C=O) groups excluding carboxylic acids is 3. The molecular weight excluding hydrogens is 408 g/mol. The summed E-state index contributed by atoms with van der Waals surface area (Å²) in [7, 11) is 2.78. The van der Waals surface area contributed by atoms with Gasteiger partial charge in [0.05, 0.1) is 19.1 Å². The molecule has 3 amide bonds. The molecule has 0 aliphatic carbocycles. The highest BCUT2D eigenvalue weighted by Crippen LogP contribution is 2.39. The van der Waals surface area contributed by atoms with Crippen LogP contribution in [-0.2, 0) is 9.59 Å². The van der Waals surface area contributed by atoms with Crippen LogP contribution in [0, 0.1) is 6.92 Å². The minimum Gasteiger partial charge on any atom is -0.502 e. The Balaban J connectivity index is 1.78. The van der Waals surface area contributed by atoms with Gasteiger partial charge in [-0.3, -0.25) is 19.3 Å². The van der Waals surface area contributed by atoms with Crippen molar-refractivity contribution in [3.05, 3.63) is 52.4 Å². The third-order valence-electron chi connectivity index (χ3n) is 4.39. The van der Waals surface area contributed by atoms with Crippen molar-refractivity contribution < 1.29 is 29.0 Å². The van der Waals surface area contributed by atoms with Gasteiger partial charge in [0.1, 0.15) is 6.54 Å². The molecule has 3 rings (SSSR count). The predicted molar refractivity (Wildman–Crippen MR) is 114 cm³/mol. The molecule has 1 aliphatic rings. The first kappa shape index (κ1) is 21.3. The first-order valence-electron chi connectivity index (χ1n) is 8.90. The Hall–Kier alpha value is -3.46. The summed E-state index contributed by atoms with van der Waals surface area (Å²) in [4.78, 5) is 38.3. The van der Waals surface area contributed by atoms with E-state index in [1.807, 2.05) is 19.1 Å². The second-order valence-corrected chi connectivity index (χ2v) is 7.40. The number of aryl methyl sites for hydroxylation is 1. The minimum absolute atomic E-state index is 0.151. The van der Waals surface area contributed by atoms with E-state index in [4.69, 9.17) is 9.47 Å². The van der Waals surface area contributed by atoms with Crippen molar-refractivity contribution >= 4 is 40.6 Å². The van der Waals surface area contributed by atoms with Crippen LogP contribution in [0.5, 0.6) is 17.2 Å². The van der Waals surface area contributed by atoms with Crippen molar-refractivity contribution in [2.75, 3.05) is 26.1 Å². The fraction of sp³-hybridized carbons (Fsp3) is 0.190. The number of ether oxygens (including phenoxy) is 2. The molecule has 2 aromatic rings. The number of thioether (sulfide) groups is 1. The summed E-state index contributed by atoms with van der Waals surface area (Å²) in [5.74, 6) is -0.884. The number of rotatable bonds is 6. The van der Waals surface area contributed by atoms with Gasteiger partial charge in [-0.1, -0.05) is 18.2 Å². The van der Waals surface area contributed by atoms with Gasteiger partial charge in [0.25, 0.3) is 11.1 Å². The van der Waals surface area contributed by atoms with Gasteiger partial charge in [-0.15, -0.1) is 0 Å². The maximum atomic E-state index is 12.7. The zero-order valence-corrected chi connectivity index (χ0v) is 17.4. The van der Waals surface area contributed by atoms with Crippen molar-refractivity contribution in [2.24, 2.45) is 0 Å². The van der Waals surface area contributed by atoms with Gasteiger partial charge >= 0.3 is 0 Å². The fourth-order valence-electron chi connectivity index (χ4n) is 2.83. The zero-order chi connectivity index (χ0) is 21.8. The molecular formula is C21H20N2O6S. The highest BCUT2D eigenvalue weighted by molar-refractivity contribution is 8.18. The number of aromatic hydroxyl groups is 1. The van der Waals surface area contributed by atoms with Crippen LogP contribution in [0.4, 0.5) is 10.5 Å². The van der Waals surface area contributed by atoms with Crippen LogP contribution in [0.1, 0.15) is 11.1 Å². The van der Waals surface area contributed by atoms with Crippen molar-refractivity contribution in [2.45, 2.75) is 6.92 Å². The molecule has 0 unspecified atom stereocenters. The molecule has 0 saturated carbocycles. The van der Waals surface area contributed by atoms with Gasteiger partial charge in [0.15, 0.2) is 11.5 Å². The molecule has 0 radical (unpaired) electrons. The lowest BCUT2D eigenvalue weighted by Gasteiger charge is -2.13. The summed E-state index contributed by atoms with van der Waals surface area (Å²) in [5, 5.41) is 12.2. The van der Waals surface area contributed by atoms with Gasteiger partial charge in [-0.2, -0.15) is 0 Å². The van der Waals surface area contributed by atoms with Crippen LogP contribution in [0.2, 0.25) is 0 Å². The number of phenolic OH excluding ortho intramolecular Hbond substituents is 1. The molecule has 30 heavy (non-hydrogen) atoms. The number of amides is 3. The molecule has 9 heteroatoms. The first-order chi connectivity index (χ1) is 14.3. The van der Waals surface area contributed by atoms with Crippen LogP contribution in [-0.4, -0.2) is 47.8 Å². The average Bonchev–Trinajstić information content (AvgIpc) is 2.98. The van der Waals surface area contributed by atoms with Crippen molar-refractivity contribution in [1.82, 2.24) is 4.90 Å². The molecule has 0 spiro atoms. The van der Waals surface area contributed by atoms with Gasteiger partial charge < -0.3 is 19.9 Å². The van der Waals surface area contributed by atoms with E-state index in [2.05, 4.69) is 5.32 Å². The van der Waals surface area contributed by atoms with Crippen LogP contribution < -0.4 is 14.8 Å². The van der Waals surface area contributed by atoms with E-state index in [-0.39, 0.29) is 22.2 Å². The van der Waals surface area contributed by atoms with E-state index in [1.165, 1.54) is 32.4 Å². The summed E-state index contributed by atoms with van der Waals surface area (Å²) < 4.78 is 10.2. The van der Waals surface area contributed by atoms with Gasteiger partial charge in [-0.25, -0.2) is 0 Å². The second-order valence-electron chi connectivity index (χ2n) is 6.40. The lowest BCUT2D eigenvalue weighted by molar-refractivity contribution is -0.127. The fourth-order valence-corrected chi connectivity index (χ4v) is 3.67. The summed E-state index contributed by atoms with van der Waals surface area (Å²) in [6.07, 6.45) is 1.48. The topological polar surface area (TPSA) is 105 Å². The first-order valence-corrected chi connectivity index (χ1v) is 9.71. The number of hydrogen-bond acceptors (Lipinski definition) is 7. The van der Waals surface area contributed by atoms with E-state index in [1.54, 1.807) is 12.1 Å². The second kappa shape index (κ2) is 8.91. The standard InChI is InChI=1S/C21H20N2O6S/c1-12-6-4-5-7-14(12)22-18(24)11-23-20(26)17(30-21(23)27)10-13-8-15(28-2)19(25)16(9-13)29-3/h4-10,25H,11H2,1-3H3,(H,22,24)/b17-10+. The molecule has 0 bridgehead atoms. The number of hydrogen-bond donors (Lipinski definition) is 2. The summed E-state index contributed by atoms with van der Waals surface area (Å²) >= 11 is 0.734. The average molecular weight is 428 g/mol. The van der Waals surface area contributed by atoms with Crippen molar-refractivity contribution in [1.29, 1.82) is 0 Å². The summed E-state index contributed by atoms with van der Waals surface area (Å²) in [5.41, 5.74) is 1.99. The summed E-state index contributed by atoms with van der Waals surface area (Å²) in [6, 6.07) is 10.2. The molecule has 8 nitrogen and oxygen atoms in total. The van der Waals surface area contributed by atoms with E-state index in [9.17, 15) is 19.5 Å². The smallest absolute Gasteiger partial charge is 0.294 e. The number of para-hydroxylation sites is 1. The van der Waals surface area contributed by atoms with Gasteiger partial charge in [0.2, 0.25) is 11.7 Å². The number of methoxy groups -OCH3 is 2. The molecule has 2 aromatic carbocycles. The van der Waals surface area contributed by atoms with Gasteiger partial charge in [-0.05, 0) is 54.1 Å². The number of benzene rings is 2. The highest BCUT2D eigenvalue weighted by atomic mass is 32.2. The van der Waals surface area contributed by atoms with Crippen LogP contribution in [0.15, 0.2) is 41.3 Å². The maximum Gasteiger partial charge on any atom is 0.294 e. The van der Waals surface area contributed by atoms with Crippen molar-refractivity contribution in [3.63, 3.8) is 0 Å². The number of nitrogens with zero attached hydrogens (tertiary/aromatic N) is 1. The van der Waals surface area contributed by atoms with Gasteiger partial charge in [0, 0.05) is 5.69 Å². The Bertz CT molecular complexity index is 1020. The SMILES string of the molecule is COc1cc(/C=C2/SC(=O)N(CC(=O)Nc3ccccc3C)C2=O)cc(OC)c1O. The zero-order valence-electron chi connectivity index (χ0n) is 16.6. The molecule has 1 heterocycles. The number of nitrogens with one attached hydrogen (secondary N) is 1. The maximum absolute atomic E-state index is 12.7. The van der Waals surface area contributed by atoms with Crippen LogP contribution in [0.3, 0.4) is 0 Å². The van der Waals surface area contributed by atoms with E-state index in [0.29, 0.717) is 11.3 Å². The normalized spacial score (nSPS) is 14.9. The molecule has 1 fully saturated rings. The van der Waals surface area contributed by atoms with E-state index < -0.39 is 23.6 Å². The number of anilines is 1. The monoisotopic (exact) mass is 428 g/mol. The lowest BCUT2D eigenvalue weighted by Crippen LogP contribution is -2.36. The van der Waals surface area contributed by atoms with E-state index >= 15 is 0 Å². The molecule has 1 saturated heterocycles. The minimum atomic E-state index is -0.573. The largest absolute Gasteiger partial charge is 0.502 e. The van der Waals surface area contributed by atoms with Crippen molar-refractivity contribution in [3.8, 4) is 17.2 Å². The molecule has 156 valence electrons. The Kier molecular flexibility index (Phi) is 6.31. The third-order valence-corrected chi connectivity index (χ3v) is 5.30.